The zero-order chi connectivity index (χ0) is 15.2. The van der Waals surface area contributed by atoms with Crippen molar-refractivity contribution in [1.82, 2.24) is 10.3 Å². The second-order valence-corrected chi connectivity index (χ2v) is 5.45. The molecule has 0 bridgehead atoms. The van der Waals surface area contributed by atoms with E-state index in [4.69, 9.17) is 10.6 Å². The molecule has 0 saturated carbocycles. The van der Waals surface area contributed by atoms with Crippen molar-refractivity contribution in [2.45, 2.75) is 19.4 Å². The van der Waals surface area contributed by atoms with E-state index in [1.165, 1.54) is 0 Å². The van der Waals surface area contributed by atoms with Crippen LogP contribution in [0.5, 0.6) is 5.75 Å². The SMILES string of the molecule is CC1CN(CCOc2ccccc2C(=O)NN)CCC1O. The van der Waals surface area contributed by atoms with Gasteiger partial charge in [0.1, 0.15) is 12.4 Å². The molecule has 1 saturated heterocycles. The minimum Gasteiger partial charge on any atom is -0.491 e. The Morgan fingerprint density at radius 1 is 1.52 bits per heavy atom. The molecule has 2 atom stereocenters. The van der Waals surface area contributed by atoms with Crippen LogP contribution >= 0.6 is 0 Å². The molecule has 4 N–H and O–H groups in total. The van der Waals surface area contributed by atoms with Gasteiger partial charge in [0.2, 0.25) is 0 Å². The number of carbonyl (C=O) groups is 1. The number of ether oxygens (including phenoxy) is 1. The predicted octanol–water partition coefficient (Wildman–Crippen LogP) is 0.372. The molecule has 2 rings (SSSR count). The summed E-state index contributed by atoms with van der Waals surface area (Å²) in [5, 5.41) is 9.71. The van der Waals surface area contributed by atoms with Crippen LogP contribution in [0.1, 0.15) is 23.7 Å². The first-order valence-electron chi connectivity index (χ1n) is 7.25. The van der Waals surface area contributed by atoms with Crippen LogP contribution < -0.4 is 16.0 Å². The summed E-state index contributed by atoms with van der Waals surface area (Å²) in [5.41, 5.74) is 2.55. The van der Waals surface area contributed by atoms with Crippen molar-refractivity contribution in [1.29, 1.82) is 0 Å². The van der Waals surface area contributed by atoms with Crippen LogP contribution in [0.4, 0.5) is 0 Å². The van der Waals surface area contributed by atoms with E-state index in [0.29, 0.717) is 17.9 Å². The van der Waals surface area contributed by atoms with Gasteiger partial charge < -0.3 is 9.84 Å². The summed E-state index contributed by atoms with van der Waals surface area (Å²) in [5.74, 6) is 5.62. The van der Waals surface area contributed by atoms with Gasteiger partial charge in [0.15, 0.2) is 0 Å². The molecule has 0 aromatic heterocycles. The van der Waals surface area contributed by atoms with E-state index in [0.717, 1.165) is 26.1 Å². The van der Waals surface area contributed by atoms with Crippen LogP contribution in [-0.2, 0) is 0 Å². The fraction of sp³-hybridized carbons (Fsp3) is 0.533. The molecule has 1 heterocycles. The number of nitrogens with one attached hydrogen (secondary N) is 1. The Hall–Kier alpha value is -1.63. The van der Waals surface area contributed by atoms with Gasteiger partial charge in [-0.25, -0.2) is 5.84 Å². The van der Waals surface area contributed by atoms with E-state index >= 15 is 0 Å². The van der Waals surface area contributed by atoms with Crippen molar-refractivity contribution < 1.29 is 14.6 Å². The summed E-state index contributed by atoms with van der Waals surface area (Å²) in [7, 11) is 0. The van der Waals surface area contributed by atoms with Crippen molar-refractivity contribution >= 4 is 5.91 Å². The smallest absolute Gasteiger partial charge is 0.268 e. The number of hydrogen-bond donors (Lipinski definition) is 3. The normalized spacial score (nSPS) is 22.8. The van der Waals surface area contributed by atoms with Gasteiger partial charge in [-0.2, -0.15) is 0 Å². The third-order valence-electron chi connectivity index (χ3n) is 3.87. The Morgan fingerprint density at radius 3 is 3.00 bits per heavy atom. The summed E-state index contributed by atoms with van der Waals surface area (Å²) in [6, 6.07) is 7.02. The van der Waals surface area contributed by atoms with Gasteiger partial charge in [-0.15, -0.1) is 0 Å². The largest absolute Gasteiger partial charge is 0.491 e. The Bertz CT molecular complexity index is 481. The van der Waals surface area contributed by atoms with Crippen molar-refractivity contribution in [3.05, 3.63) is 29.8 Å². The van der Waals surface area contributed by atoms with Gasteiger partial charge in [-0.1, -0.05) is 19.1 Å². The Kier molecular flexibility index (Phi) is 5.55. The molecule has 1 aliphatic rings. The van der Waals surface area contributed by atoms with Crippen molar-refractivity contribution in [3.63, 3.8) is 0 Å². The number of carbonyl (C=O) groups excluding carboxylic acids is 1. The minimum absolute atomic E-state index is 0.198. The van der Waals surface area contributed by atoms with Crippen molar-refractivity contribution in [3.8, 4) is 5.75 Å². The summed E-state index contributed by atoms with van der Waals surface area (Å²) < 4.78 is 5.70. The quantitative estimate of drug-likeness (QED) is 0.415. The fourth-order valence-corrected chi connectivity index (χ4v) is 2.57. The Balaban J connectivity index is 1.85. The molecular formula is C15H23N3O3. The third kappa shape index (κ3) is 4.17. The van der Waals surface area contributed by atoms with E-state index in [-0.39, 0.29) is 17.9 Å². The van der Waals surface area contributed by atoms with E-state index < -0.39 is 0 Å². The van der Waals surface area contributed by atoms with Gasteiger partial charge in [0.05, 0.1) is 11.7 Å². The van der Waals surface area contributed by atoms with Crippen LogP contribution in [0.2, 0.25) is 0 Å². The van der Waals surface area contributed by atoms with Gasteiger partial charge in [0, 0.05) is 19.6 Å². The highest BCUT2D eigenvalue weighted by molar-refractivity contribution is 5.96. The number of amides is 1. The lowest BCUT2D eigenvalue weighted by atomic mass is 9.97. The molecule has 21 heavy (non-hydrogen) atoms. The highest BCUT2D eigenvalue weighted by atomic mass is 16.5. The molecule has 1 aliphatic heterocycles. The van der Waals surface area contributed by atoms with Gasteiger partial charge in [0.25, 0.3) is 5.91 Å². The fourth-order valence-electron chi connectivity index (χ4n) is 2.57. The lowest BCUT2D eigenvalue weighted by Gasteiger charge is -2.34. The molecule has 1 aromatic rings. The lowest BCUT2D eigenvalue weighted by molar-refractivity contribution is 0.0303. The first-order chi connectivity index (χ1) is 10.1. The van der Waals surface area contributed by atoms with E-state index in [9.17, 15) is 9.90 Å². The number of nitrogens with zero attached hydrogens (tertiary/aromatic N) is 1. The first-order valence-corrected chi connectivity index (χ1v) is 7.25. The highest BCUT2D eigenvalue weighted by Gasteiger charge is 2.23. The van der Waals surface area contributed by atoms with E-state index in [1.54, 1.807) is 18.2 Å². The van der Waals surface area contributed by atoms with E-state index in [1.807, 2.05) is 6.07 Å². The second kappa shape index (κ2) is 7.40. The van der Waals surface area contributed by atoms with Crippen LogP contribution in [-0.4, -0.2) is 48.3 Å². The van der Waals surface area contributed by atoms with Crippen LogP contribution in [0.15, 0.2) is 24.3 Å². The molecular weight excluding hydrogens is 270 g/mol. The van der Waals surface area contributed by atoms with Crippen LogP contribution in [0.3, 0.4) is 0 Å². The highest BCUT2D eigenvalue weighted by Crippen LogP contribution is 2.19. The number of nitrogens with two attached hydrogens (primary N) is 1. The summed E-state index contributed by atoms with van der Waals surface area (Å²) in [4.78, 5) is 13.9. The molecule has 6 nitrogen and oxygen atoms in total. The second-order valence-electron chi connectivity index (χ2n) is 5.45. The molecule has 0 spiro atoms. The molecule has 116 valence electrons. The first kappa shape index (κ1) is 15.8. The Labute approximate surface area is 124 Å². The molecule has 2 unspecified atom stereocenters. The number of benzene rings is 1. The average Bonchev–Trinajstić information content (AvgIpc) is 2.50. The number of hydrazine groups is 1. The Morgan fingerprint density at radius 2 is 2.29 bits per heavy atom. The van der Waals surface area contributed by atoms with Gasteiger partial charge >= 0.3 is 0 Å². The number of rotatable bonds is 5. The standard InChI is InChI=1S/C15H23N3O3/c1-11-10-18(7-6-13(11)19)8-9-21-14-5-3-2-4-12(14)15(20)17-16/h2-5,11,13,19H,6-10,16H2,1H3,(H,17,20). The van der Waals surface area contributed by atoms with Gasteiger partial charge in [-0.3, -0.25) is 15.1 Å². The van der Waals surface area contributed by atoms with E-state index in [2.05, 4.69) is 17.2 Å². The zero-order valence-corrected chi connectivity index (χ0v) is 12.3. The molecule has 1 amide bonds. The number of hydrogen-bond acceptors (Lipinski definition) is 5. The lowest BCUT2D eigenvalue weighted by Crippen LogP contribution is -2.43. The number of para-hydroxylation sites is 1. The maximum absolute atomic E-state index is 11.6. The predicted molar refractivity (Wildman–Crippen MR) is 79.8 cm³/mol. The van der Waals surface area contributed by atoms with Crippen LogP contribution in [0.25, 0.3) is 0 Å². The molecule has 0 radical (unpaired) electrons. The summed E-state index contributed by atoms with van der Waals surface area (Å²) >= 11 is 0. The molecule has 1 aromatic carbocycles. The molecule has 0 aliphatic carbocycles. The monoisotopic (exact) mass is 293 g/mol. The number of likely N-dealkylation sites (tertiary alicyclic amines) is 1. The topological polar surface area (TPSA) is 87.8 Å². The number of aliphatic hydroxyl groups is 1. The van der Waals surface area contributed by atoms with Crippen molar-refractivity contribution in [2.24, 2.45) is 11.8 Å². The number of nitrogen functional groups attached to an aromatic ring is 1. The van der Waals surface area contributed by atoms with Crippen LogP contribution in [0, 0.1) is 5.92 Å². The number of aliphatic hydroxyl groups excluding tert-OH is 1. The summed E-state index contributed by atoms with van der Waals surface area (Å²) in [6.45, 7) is 5.07. The maximum atomic E-state index is 11.6. The average molecular weight is 293 g/mol. The number of piperidine rings is 1. The molecule has 6 heteroatoms. The summed E-state index contributed by atoms with van der Waals surface area (Å²) in [6.07, 6.45) is 0.601. The molecule has 1 fully saturated rings. The third-order valence-corrected chi connectivity index (χ3v) is 3.87. The maximum Gasteiger partial charge on any atom is 0.268 e. The minimum atomic E-state index is -0.361. The zero-order valence-electron chi connectivity index (χ0n) is 12.3. The van der Waals surface area contributed by atoms with Crippen molar-refractivity contribution in [2.75, 3.05) is 26.2 Å². The van der Waals surface area contributed by atoms with Gasteiger partial charge in [-0.05, 0) is 24.5 Å².